The summed E-state index contributed by atoms with van der Waals surface area (Å²) in [5.41, 5.74) is 2.68. The number of carbonyl (C=O) groups excluding carboxylic acids is 1. The van der Waals surface area contributed by atoms with Crippen LogP contribution in [0.3, 0.4) is 0 Å². The van der Waals surface area contributed by atoms with Crippen LogP contribution in [0.2, 0.25) is 0 Å². The van der Waals surface area contributed by atoms with E-state index in [1.165, 1.54) is 25.3 Å². The molecule has 1 amide bonds. The molecule has 4 aromatic rings. The molecule has 4 rings (SSSR count). The van der Waals surface area contributed by atoms with Crippen LogP contribution in [0.25, 0.3) is 22.2 Å². The number of nitro benzene ring substituents is 1. The Morgan fingerprint density at radius 1 is 0.969 bits per heavy atom. The normalized spacial score (nSPS) is 10.6. The predicted octanol–water partition coefficient (Wildman–Crippen LogP) is 5.08. The highest BCUT2D eigenvalue weighted by Crippen LogP contribution is 2.31. The van der Waals surface area contributed by atoms with Crippen LogP contribution in [-0.4, -0.2) is 30.0 Å². The number of amides is 1. The van der Waals surface area contributed by atoms with Crippen LogP contribution >= 0.6 is 0 Å². The van der Waals surface area contributed by atoms with Gasteiger partial charge in [-0.15, -0.1) is 0 Å². The highest BCUT2D eigenvalue weighted by atomic mass is 16.6. The van der Waals surface area contributed by atoms with Crippen LogP contribution in [0.15, 0.2) is 72.8 Å². The zero-order chi connectivity index (χ0) is 22.7. The molecule has 0 aliphatic carbocycles. The van der Waals surface area contributed by atoms with Crippen molar-refractivity contribution >= 4 is 28.2 Å². The van der Waals surface area contributed by atoms with Crippen molar-refractivity contribution < 1.29 is 19.2 Å². The Labute approximate surface area is 183 Å². The number of nitro groups is 1. The average molecular weight is 429 g/mol. The lowest BCUT2D eigenvalue weighted by Crippen LogP contribution is -2.14. The molecule has 8 heteroatoms. The van der Waals surface area contributed by atoms with Crippen molar-refractivity contribution in [3.8, 4) is 22.8 Å². The van der Waals surface area contributed by atoms with E-state index in [4.69, 9.17) is 14.5 Å². The van der Waals surface area contributed by atoms with Gasteiger partial charge in [-0.2, -0.15) is 0 Å². The molecule has 0 fully saturated rings. The van der Waals surface area contributed by atoms with Gasteiger partial charge in [-0.25, -0.2) is 4.98 Å². The van der Waals surface area contributed by atoms with Gasteiger partial charge >= 0.3 is 0 Å². The van der Waals surface area contributed by atoms with Crippen LogP contribution in [0, 0.1) is 10.1 Å². The summed E-state index contributed by atoms with van der Waals surface area (Å²) in [5, 5.41) is 14.5. The van der Waals surface area contributed by atoms with Gasteiger partial charge in [-0.05, 0) is 30.3 Å². The lowest BCUT2D eigenvalue weighted by Gasteiger charge is -2.13. The van der Waals surface area contributed by atoms with Crippen LogP contribution in [0.1, 0.15) is 10.4 Å². The average Bonchev–Trinajstić information content (AvgIpc) is 2.83. The number of nitrogens with zero attached hydrogens (tertiary/aromatic N) is 2. The first-order valence-electron chi connectivity index (χ1n) is 9.68. The number of hydrogen-bond acceptors (Lipinski definition) is 6. The smallest absolute Gasteiger partial charge is 0.273 e. The van der Waals surface area contributed by atoms with E-state index >= 15 is 0 Å². The summed E-state index contributed by atoms with van der Waals surface area (Å²) < 4.78 is 10.5. The zero-order valence-electron chi connectivity index (χ0n) is 17.4. The topological polar surface area (TPSA) is 104 Å². The molecule has 8 nitrogen and oxygen atoms in total. The Kier molecular flexibility index (Phi) is 5.67. The van der Waals surface area contributed by atoms with Gasteiger partial charge in [0, 0.05) is 17.0 Å². The summed E-state index contributed by atoms with van der Waals surface area (Å²) in [5.74, 6) is 0.484. The van der Waals surface area contributed by atoms with Crippen LogP contribution in [0.4, 0.5) is 11.4 Å². The second-order valence-corrected chi connectivity index (χ2v) is 6.90. The second-order valence-electron chi connectivity index (χ2n) is 6.90. The van der Waals surface area contributed by atoms with Gasteiger partial charge in [0.25, 0.3) is 11.6 Å². The summed E-state index contributed by atoms with van der Waals surface area (Å²) in [6, 6.07) is 20.5. The number of rotatable bonds is 6. The Balaban J connectivity index is 1.78. The number of para-hydroxylation sites is 1. The first-order valence-corrected chi connectivity index (χ1v) is 9.68. The van der Waals surface area contributed by atoms with Crippen molar-refractivity contribution in [2.75, 3.05) is 19.5 Å². The number of non-ortho nitro benzene ring substituents is 1. The number of hydrogen-bond donors (Lipinski definition) is 1. The molecule has 0 unspecified atom stereocenters. The number of methoxy groups -OCH3 is 2. The maximum Gasteiger partial charge on any atom is 0.273 e. The van der Waals surface area contributed by atoms with Crippen LogP contribution in [-0.2, 0) is 0 Å². The third-order valence-electron chi connectivity index (χ3n) is 4.97. The van der Waals surface area contributed by atoms with E-state index in [9.17, 15) is 14.9 Å². The molecule has 32 heavy (non-hydrogen) atoms. The third-order valence-corrected chi connectivity index (χ3v) is 4.97. The number of anilines is 1. The summed E-state index contributed by atoms with van der Waals surface area (Å²) in [6.07, 6.45) is 0. The standard InChI is InChI=1S/C24H19N3O5/c1-31-17-7-5-6-15(12-17)22-14-19(18-8-3-4-9-20(18)25-22)24(28)26-21-11-10-16(27(29)30)13-23(21)32-2/h3-14H,1-2H3,(H,26,28). The van der Waals surface area contributed by atoms with Crippen molar-refractivity contribution in [3.63, 3.8) is 0 Å². The number of benzene rings is 3. The minimum absolute atomic E-state index is 0.130. The molecule has 3 aromatic carbocycles. The van der Waals surface area contributed by atoms with Gasteiger partial charge in [0.1, 0.15) is 11.5 Å². The Morgan fingerprint density at radius 2 is 1.78 bits per heavy atom. The lowest BCUT2D eigenvalue weighted by molar-refractivity contribution is -0.384. The van der Waals surface area contributed by atoms with Gasteiger partial charge in [-0.3, -0.25) is 14.9 Å². The molecule has 0 spiro atoms. The van der Waals surface area contributed by atoms with Crippen molar-refractivity contribution in [1.82, 2.24) is 4.98 Å². The number of carbonyl (C=O) groups is 1. The monoisotopic (exact) mass is 429 g/mol. The predicted molar refractivity (Wildman–Crippen MR) is 121 cm³/mol. The van der Waals surface area contributed by atoms with E-state index < -0.39 is 4.92 Å². The van der Waals surface area contributed by atoms with E-state index in [1.54, 1.807) is 13.2 Å². The van der Waals surface area contributed by atoms with Gasteiger partial charge < -0.3 is 14.8 Å². The number of aromatic nitrogens is 1. The van der Waals surface area contributed by atoms with Crippen LogP contribution < -0.4 is 14.8 Å². The maximum atomic E-state index is 13.3. The van der Waals surface area contributed by atoms with Gasteiger partial charge in [0.05, 0.1) is 47.7 Å². The van der Waals surface area contributed by atoms with E-state index in [2.05, 4.69) is 5.32 Å². The van der Waals surface area contributed by atoms with E-state index in [-0.39, 0.29) is 17.3 Å². The minimum atomic E-state index is -0.523. The highest BCUT2D eigenvalue weighted by Gasteiger charge is 2.18. The SMILES string of the molecule is COc1cccc(-c2cc(C(=O)Nc3ccc([N+](=O)[O-])cc3OC)c3ccccc3n2)c1. The molecule has 0 radical (unpaired) electrons. The molecule has 0 atom stereocenters. The Morgan fingerprint density at radius 3 is 2.53 bits per heavy atom. The molecule has 0 saturated carbocycles. The van der Waals surface area contributed by atoms with Crippen LogP contribution in [0.5, 0.6) is 11.5 Å². The molecule has 0 bridgehead atoms. The largest absolute Gasteiger partial charge is 0.497 e. The number of nitrogens with one attached hydrogen (secondary N) is 1. The molecular weight excluding hydrogens is 410 g/mol. The van der Waals surface area contributed by atoms with E-state index in [0.29, 0.717) is 33.6 Å². The Hall–Kier alpha value is -4.46. The number of ether oxygens (including phenoxy) is 2. The lowest BCUT2D eigenvalue weighted by atomic mass is 10.0. The van der Waals surface area contributed by atoms with E-state index in [0.717, 1.165) is 5.56 Å². The summed E-state index contributed by atoms with van der Waals surface area (Å²) in [7, 11) is 2.97. The minimum Gasteiger partial charge on any atom is -0.497 e. The fourth-order valence-corrected chi connectivity index (χ4v) is 3.38. The quantitative estimate of drug-likeness (QED) is 0.339. The summed E-state index contributed by atoms with van der Waals surface area (Å²) in [6.45, 7) is 0. The summed E-state index contributed by atoms with van der Waals surface area (Å²) in [4.78, 5) is 28.5. The summed E-state index contributed by atoms with van der Waals surface area (Å²) >= 11 is 0. The zero-order valence-corrected chi connectivity index (χ0v) is 17.4. The molecule has 0 aliphatic heterocycles. The molecule has 160 valence electrons. The third kappa shape index (κ3) is 4.06. The Bertz CT molecular complexity index is 1340. The molecule has 1 heterocycles. The van der Waals surface area contributed by atoms with Crippen molar-refractivity contribution in [1.29, 1.82) is 0 Å². The number of fused-ring (bicyclic) bond motifs is 1. The van der Waals surface area contributed by atoms with Crippen molar-refractivity contribution in [2.24, 2.45) is 0 Å². The molecule has 0 saturated heterocycles. The van der Waals surface area contributed by atoms with Gasteiger partial charge in [0.15, 0.2) is 0 Å². The maximum absolute atomic E-state index is 13.3. The first-order chi connectivity index (χ1) is 15.5. The van der Waals surface area contributed by atoms with Gasteiger partial charge in [0.2, 0.25) is 0 Å². The van der Waals surface area contributed by atoms with Gasteiger partial charge in [-0.1, -0.05) is 30.3 Å². The highest BCUT2D eigenvalue weighted by molar-refractivity contribution is 6.13. The van der Waals surface area contributed by atoms with E-state index in [1.807, 2.05) is 48.5 Å². The fraction of sp³-hybridized carbons (Fsp3) is 0.0833. The molecule has 1 N–H and O–H groups in total. The molecular formula is C24H19N3O5. The fourth-order valence-electron chi connectivity index (χ4n) is 3.38. The second kappa shape index (κ2) is 8.73. The van der Waals surface area contributed by atoms with Crippen molar-refractivity contribution in [2.45, 2.75) is 0 Å². The first kappa shape index (κ1) is 20.8. The number of pyridine rings is 1. The molecule has 0 aliphatic rings. The molecule has 1 aromatic heterocycles. The van der Waals surface area contributed by atoms with Crippen molar-refractivity contribution in [3.05, 3.63) is 88.5 Å².